The van der Waals surface area contributed by atoms with E-state index in [2.05, 4.69) is 22.4 Å². The number of rotatable bonds is 1. The molecule has 0 saturated carbocycles. The van der Waals surface area contributed by atoms with Gasteiger partial charge in [-0.05, 0) is 36.6 Å². The Morgan fingerprint density at radius 2 is 2.35 bits per heavy atom. The highest BCUT2D eigenvalue weighted by Gasteiger charge is 2.35. The van der Waals surface area contributed by atoms with Gasteiger partial charge in [0.15, 0.2) is 5.58 Å². The first-order chi connectivity index (χ1) is 8.42. The zero-order valence-corrected chi connectivity index (χ0v) is 9.52. The second-order valence-corrected chi connectivity index (χ2v) is 4.92. The van der Waals surface area contributed by atoms with Gasteiger partial charge in [-0.3, -0.25) is 4.98 Å². The van der Waals surface area contributed by atoms with E-state index < -0.39 is 0 Å². The van der Waals surface area contributed by atoms with Gasteiger partial charge in [-0.1, -0.05) is 6.08 Å². The lowest BCUT2D eigenvalue weighted by atomic mass is 9.94. The lowest BCUT2D eigenvalue weighted by Gasteiger charge is -2.10. The predicted molar refractivity (Wildman–Crippen MR) is 66.5 cm³/mol. The van der Waals surface area contributed by atoms with Gasteiger partial charge < -0.3 is 9.73 Å². The lowest BCUT2D eigenvalue weighted by molar-refractivity contribution is 0.526. The minimum Gasteiger partial charge on any atom is -0.455 e. The number of fused-ring (bicyclic) bond motifs is 2. The Hall–Kier alpha value is -1.61. The maximum Gasteiger partial charge on any atom is 0.153 e. The van der Waals surface area contributed by atoms with Gasteiger partial charge in [0.25, 0.3) is 0 Å². The van der Waals surface area contributed by atoms with Gasteiger partial charge in [-0.15, -0.1) is 0 Å². The van der Waals surface area contributed by atoms with Crippen molar-refractivity contribution in [1.29, 1.82) is 0 Å². The molecule has 0 spiro atoms. The maximum absolute atomic E-state index is 5.90. The van der Waals surface area contributed by atoms with Crippen molar-refractivity contribution >= 4 is 16.7 Å². The van der Waals surface area contributed by atoms with Crippen molar-refractivity contribution in [1.82, 2.24) is 10.3 Å². The zero-order chi connectivity index (χ0) is 11.2. The van der Waals surface area contributed by atoms with Crippen molar-refractivity contribution < 1.29 is 4.42 Å². The van der Waals surface area contributed by atoms with E-state index in [0.717, 1.165) is 35.9 Å². The molecule has 0 amide bonds. The third kappa shape index (κ3) is 1.35. The number of hydrogen-bond donors (Lipinski definition) is 1. The van der Waals surface area contributed by atoms with Gasteiger partial charge in [-0.2, -0.15) is 0 Å². The van der Waals surface area contributed by atoms with E-state index in [9.17, 15) is 0 Å². The highest BCUT2D eigenvalue weighted by molar-refractivity contribution is 5.79. The Labute approximate surface area is 99.5 Å². The normalized spacial score (nSPS) is 27.4. The van der Waals surface area contributed by atoms with Crippen LogP contribution in [0.2, 0.25) is 0 Å². The van der Waals surface area contributed by atoms with Crippen LogP contribution < -0.4 is 5.32 Å². The number of furan rings is 1. The predicted octanol–water partition coefficient (Wildman–Crippen LogP) is 2.45. The molecule has 1 fully saturated rings. The van der Waals surface area contributed by atoms with Gasteiger partial charge in [-0.25, -0.2) is 0 Å². The second-order valence-electron chi connectivity index (χ2n) is 4.92. The van der Waals surface area contributed by atoms with Crippen molar-refractivity contribution in [3.8, 4) is 0 Å². The summed E-state index contributed by atoms with van der Waals surface area (Å²) in [6, 6.07) is 5.96. The number of pyridine rings is 1. The Morgan fingerprint density at radius 3 is 3.29 bits per heavy atom. The first kappa shape index (κ1) is 9.42. The van der Waals surface area contributed by atoms with Gasteiger partial charge in [0.1, 0.15) is 11.3 Å². The number of hydrogen-bond acceptors (Lipinski definition) is 3. The monoisotopic (exact) mass is 226 g/mol. The molecule has 0 aromatic carbocycles. The lowest BCUT2D eigenvalue weighted by Crippen LogP contribution is -2.09. The minimum absolute atomic E-state index is 0.635. The van der Waals surface area contributed by atoms with E-state index in [1.807, 2.05) is 18.3 Å². The molecule has 1 aliphatic carbocycles. The van der Waals surface area contributed by atoms with Crippen molar-refractivity contribution in [3.63, 3.8) is 0 Å². The third-order valence-electron chi connectivity index (χ3n) is 3.95. The summed E-state index contributed by atoms with van der Waals surface area (Å²) in [6.07, 6.45) is 5.33. The summed E-state index contributed by atoms with van der Waals surface area (Å²) in [6.45, 7) is 2.23. The minimum atomic E-state index is 0.635. The van der Waals surface area contributed by atoms with Crippen LogP contribution in [-0.4, -0.2) is 18.1 Å². The molecule has 1 saturated heterocycles. The fourth-order valence-corrected chi connectivity index (χ4v) is 3.07. The van der Waals surface area contributed by atoms with Gasteiger partial charge in [0, 0.05) is 24.7 Å². The van der Waals surface area contributed by atoms with Crippen LogP contribution in [0.25, 0.3) is 16.7 Å². The van der Waals surface area contributed by atoms with E-state index in [0.29, 0.717) is 5.92 Å². The first-order valence-electron chi connectivity index (χ1n) is 6.17. The summed E-state index contributed by atoms with van der Waals surface area (Å²) >= 11 is 0. The molecule has 2 aromatic rings. The second kappa shape index (κ2) is 3.44. The van der Waals surface area contributed by atoms with E-state index in [4.69, 9.17) is 4.42 Å². The molecule has 86 valence electrons. The van der Waals surface area contributed by atoms with Gasteiger partial charge >= 0.3 is 0 Å². The largest absolute Gasteiger partial charge is 0.455 e. The van der Waals surface area contributed by atoms with Crippen LogP contribution in [0.3, 0.4) is 0 Å². The highest BCUT2D eigenvalue weighted by atomic mass is 16.3. The van der Waals surface area contributed by atoms with Crippen molar-refractivity contribution in [2.24, 2.45) is 11.8 Å². The molecular weight excluding hydrogens is 212 g/mol. The van der Waals surface area contributed by atoms with E-state index in [1.165, 1.54) is 12.0 Å². The molecule has 3 nitrogen and oxygen atoms in total. The summed E-state index contributed by atoms with van der Waals surface area (Å²) < 4.78 is 5.90. The molecule has 0 radical (unpaired) electrons. The molecule has 3 heterocycles. The van der Waals surface area contributed by atoms with E-state index in [-0.39, 0.29) is 0 Å². The topological polar surface area (TPSA) is 38.1 Å². The Kier molecular flexibility index (Phi) is 1.91. The standard InChI is InChI=1S/C14H14N2O/c1-2-13-12(16-5-1)6-14(17-13)10-4-3-9-7-15-8-11(9)10/h1-2,4-6,9,11,15H,3,7-8H2/t9-,11+/m1/s1. The van der Waals surface area contributed by atoms with Crippen molar-refractivity contribution in [2.45, 2.75) is 6.42 Å². The van der Waals surface area contributed by atoms with E-state index in [1.54, 1.807) is 0 Å². The zero-order valence-electron chi connectivity index (χ0n) is 9.52. The fraction of sp³-hybridized carbons (Fsp3) is 0.357. The SMILES string of the molecule is C1=C(c2cc3ncccc3o2)[C@H]2CNC[C@H]2C1. The average molecular weight is 226 g/mol. The summed E-state index contributed by atoms with van der Waals surface area (Å²) in [5.74, 6) is 2.41. The summed E-state index contributed by atoms with van der Waals surface area (Å²) in [5.41, 5.74) is 3.22. The molecular formula is C14H14N2O. The molecule has 1 aliphatic heterocycles. The van der Waals surface area contributed by atoms with Crippen LogP contribution in [0.1, 0.15) is 12.2 Å². The van der Waals surface area contributed by atoms with Gasteiger partial charge in [0.2, 0.25) is 0 Å². The van der Waals surface area contributed by atoms with Crippen LogP contribution in [0.15, 0.2) is 34.9 Å². The smallest absolute Gasteiger partial charge is 0.153 e. The van der Waals surface area contributed by atoms with Crippen molar-refractivity contribution in [3.05, 3.63) is 36.2 Å². The van der Waals surface area contributed by atoms with Crippen LogP contribution in [-0.2, 0) is 0 Å². The average Bonchev–Trinajstić information content (AvgIpc) is 3.02. The van der Waals surface area contributed by atoms with E-state index >= 15 is 0 Å². The number of allylic oxidation sites excluding steroid dienone is 1. The van der Waals surface area contributed by atoms with Crippen LogP contribution in [0, 0.1) is 11.8 Å². The van der Waals surface area contributed by atoms with Crippen LogP contribution in [0.4, 0.5) is 0 Å². The quantitative estimate of drug-likeness (QED) is 0.811. The number of nitrogens with one attached hydrogen (secondary N) is 1. The van der Waals surface area contributed by atoms with Crippen molar-refractivity contribution in [2.75, 3.05) is 13.1 Å². The molecule has 2 aromatic heterocycles. The molecule has 0 unspecified atom stereocenters. The molecule has 2 atom stereocenters. The molecule has 1 N–H and O–H groups in total. The molecule has 17 heavy (non-hydrogen) atoms. The van der Waals surface area contributed by atoms with Gasteiger partial charge in [0.05, 0.1) is 0 Å². The summed E-state index contributed by atoms with van der Waals surface area (Å²) in [5, 5.41) is 3.46. The Bertz CT molecular complexity index is 566. The Balaban J connectivity index is 1.79. The number of nitrogens with zero attached hydrogens (tertiary/aromatic N) is 1. The van der Waals surface area contributed by atoms with Crippen LogP contribution in [0.5, 0.6) is 0 Å². The first-order valence-corrected chi connectivity index (χ1v) is 6.17. The highest BCUT2D eigenvalue weighted by Crippen LogP contribution is 2.41. The fourth-order valence-electron chi connectivity index (χ4n) is 3.07. The maximum atomic E-state index is 5.90. The number of aromatic nitrogens is 1. The Morgan fingerprint density at radius 1 is 1.35 bits per heavy atom. The third-order valence-corrected chi connectivity index (χ3v) is 3.95. The summed E-state index contributed by atoms with van der Waals surface area (Å²) in [7, 11) is 0. The molecule has 4 rings (SSSR count). The molecule has 3 heteroatoms. The molecule has 0 bridgehead atoms. The molecule has 2 aliphatic rings. The van der Waals surface area contributed by atoms with Crippen LogP contribution >= 0.6 is 0 Å². The summed E-state index contributed by atoms with van der Waals surface area (Å²) in [4.78, 5) is 4.32.